The molecule has 1 saturated heterocycles. The summed E-state index contributed by atoms with van der Waals surface area (Å²) in [6.45, 7) is 4.02. The van der Waals surface area contributed by atoms with Crippen LogP contribution in [0.1, 0.15) is 32.6 Å². The molecule has 0 aromatic carbocycles. The van der Waals surface area contributed by atoms with Gasteiger partial charge in [0.15, 0.2) is 0 Å². The Bertz CT molecular complexity index is 233. The summed E-state index contributed by atoms with van der Waals surface area (Å²) in [7, 11) is 4.23. The standard InChI is InChI=1S/C13H26N2OS/c1-4-17-10-8-13(16)15-9-6-5-7-12(11-15)14(2)3/h12H,4-11H2,1-3H3. The van der Waals surface area contributed by atoms with Crippen LogP contribution < -0.4 is 0 Å². The number of nitrogens with zero attached hydrogens (tertiary/aromatic N) is 2. The van der Waals surface area contributed by atoms with Crippen molar-refractivity contribution in [3.05, 3.63) is 0 Å². The van der Waals surface area contributed by atoms with E-state index in [1.54, 1.807) is 0 Å². The molecule has 0 spiro atoms. The van der Waals surface area contributed by atoms with E-state index in [9.17, 15) is 4.79 Å². The van der Waals surface area contributed by atoms with E-state index in [-0.39, 0.29) is 0 Å². The zero-order valence-electron chi connectivity index (χ0n) is 11.4. The zero-order valence-corrected chi connectivity index (χ0v) is 12.3. The van der Waals surface area contributed by atoms with Gasteiger partial charge < -0.3 is 9.80 Å². The number of thioether (sulfide) groups is 1. The van der Waals surface area contributed by atoms with Crippen molar-refractivity contribution >= 4 is 17.7 Å². The van der Waals surface area contributed by atoms with Gasteiger partial charge in [-0.2, -0.15) is 11.8 Å². The van der Waals surface area contributed by atoms with Crippen molar-refractivity contribution in [1.82, 2.24) is 9.80 Å². The van der Waals surface area contributed by atoms with Crippen LogP contribution in [0.5, 0.6) is 0 Å². The number of hydrogen-bond acceptors (Lipinski definition) is 3. The number of hydrogen-bond donors (Lipinski definition) is 0. The van der Waals surface area contributed by atoms with Crippen LogP contribution in [-0.4, -0.2) is 60.4 Å². The van der Waals surface area contributed by atoms with Gasteiger partial charge in [0.25, 0.3) is 0 Å². The second-order valence-corrected chi connectivity index (χ2v) is 6.29. The lowest BCUT2D eigenvalue weighted by atomic mass is 10.1. The SMILES string of the molecule is CCSCCC(=O)N1CCCCC(N(C)C)C1. The lowest BCUT2D eigenvalue weighted by molar-refractivity contribution is -0.131. The van der Waals surface area contributed by atoms with Crippen molar-refractivity contribution in [3.8, 4) is 0 Å². The third kappa shape index (κ3) is 5.30. The normalized spacial score (nSPS) is 21.6. The molecule has 1 atom stereocenters. The van der Waals surface area contributed by atoms with Gasteiger partial charge in [0.05, 0.1) is 0 Å². The van der Waals surface area contributed by atoms with Gasteiger partial charge in [-0.15, -0.1) is 0 Å². The third-order valence-electron chi connectivity index (χ3n) is 3.39. The van der Waals surface area contributed by atoms with E-state index in [4.69, 9.17) is 0 Å². The number of likely N-dealkylation sites (tertiary alicyclic amines) is 1. The van der Waals surface area contributed by atoms with Crippen molar-refractivity contribution in [2.45, 2.75) is 38.6 Å². The molecule has 0 bridgehead atoms. The summed E-state index contributed by atoms with van der Waals surface area (Å²) in [6, 6.07) is 0.542. The summed E-state index contributed by atoms with van der Waals surface area (Å²) in [5, 5.41) is 0. The number of amides is 1. The molecule has 100 valence electrons. The molecular formula is C13H26N2OS. The van der Waals surface area contributed by atoms with Gasteiger partial charge >= 0.3 is 0 Å². The molecule has 1 aliphatic heterocycles. The van der Waals surface area contributed by atoms with Crippen molar-refractivity contribution in [3.63, 3.8) is 0 Å². The molecule has 0 aromatic heterocycles. The van der Waals surface area contributed by atoms with Gasteiger partial charge in [0, 0.05) is 31.3 Å². The molecule has 0 saturated carbocycles. The third-order valence-corrected chi connectivity index (χ3v) is 4.29. The van der Waals surface area contributed by atoms with Gasteiger partial charge in [-0.1, -0.05) is 13.3 Å². The van der Waals surface area contributed by atoms with Crippen LogP contribution in [0.25, 0.3) is 0 Å². The molecule has 1 rings (SSSR count). The Morgan fingerprint density at radius 3 is 2.82 bits per heavy atom. The molecule has 4 heteroatoms. The molecule has 1 amide bonds. The fraction of sp³-hybridized carbons (Fsp3) is 0.923. The molecule has 3 nitrogen and oxygen atoms in total. The largest absolute Gasteiger partial charge is 0.341 e. The molecule has 0 aromatic rings. The van der Waals surface area contributed by atoms with Crippen molar-refractivity contribution in [2.24, 2.45) is 0 Å². The molecule has 0 aliphatic carbocycles. The van der Waals surface area contributed by atoms with Crippen LogP contribution in [0.2, 0.25) is 0 Å². The van der Waals surface area contributed by atoms with Gasteiger partial charge in [-0.3, -0.25) is 4.79 Å². The van der Waals surface area contributed by atoms with Crippen LogP contribution in [-0.2, 0) is 4.79 Å². The summed E-state index contributed by atoms with van der Waals surface area (Å²) < 4.78 is 0. The average molecular weight is 258 g/mol. The quantitative estimate of drug-likeness (QED) is 0.705. The maximum Gasteiger partial charge on any atom is 0.223 e. The monoisotopic (exact) mass is 258 g/mol. The first-order chi connectivity index (χ1) is 8.15. The smallest absolute Gasteiger partial charge is 0.223 e. The Morgan fingerprint density at radius 1 is 1.41 bits per heavy atom. The van der Waals surface area contributed by atoms with Crippen molar-refractivity contribution in [2.75, 3.05) is 38.7 Å². The van der Waals surface area contributed by atoms with Gasteiger partial charge in [-0.05, 0) is 32.7 Å². The second-order valence-electron chi connectivity index (χ2n) is 4.90. The number of rotatable bonds is 5. The highest BCUT2D eigenvalue weighted by molar-refractivity contribution is 7.99. The fourth-order valence-corrected chi connectivity index (χ4v) is 2.84. The maximum atomic E-state index is 12.1. The van der Waals surface area contributed by atoms with Crippen LogP contribution in [0.15, 0.2) is 0 Å². The van der Waals surface area contributed by atoms with E-state index in [1.165, 1.54) is 12.8 Å². The molecule has 1 fully saturated rings. The molecule has 1 unspecified atom stereocenters. The second kappa shape index (κ2) is 7.98. The lowest BCUT2D eigenvalue weighted by Gasteiger charge is -2.28. The summed E-state index contributed by atoms with van der Waals surface area (Å²) in [5.41, 5.74) is 0. The Hall–Kier alpha value is -0.220. The summed E-state index contributed by atoms with van der Waals surface area (Å²) in [5.74, 6) is 2.42. The first-order valence-electron chi connectivity index (χ1n) is 6.67. The van der Waals surface area contributed by atoms with Gasteiger partial charge in [0.2, 0.25) is 5.91 Å². The van der Waals surface area contributed by atoms with E-state index < -0.39 is 0 Å². The Labute approximate surface area is 110 Å². The van der Waals surface area contributed by atoms with E-state index in [1.807, 2.05) is 11.8 Å². The predicted octanol–water partition coefficient (Wildman–Crippen LogP) is 2.07. The highest BCUT2D eigenvalue weighted by Gasteiger charge is 2.22. The first-order valence-corrected chi connectivity index (χ1v) is 7.82. The highest BCUT2D eigenvalue weighted by Crippen LogP contribution is 2.15. The fourth-order valence-electron chi connectivity index (χ4n) is 2.23. The summed E-state index contributed by atoms with van der Waals surface area (Å²) >= 11 is 1.85. The predicted molar refractivity (Wildman–Crippen MR) is 75.5 cm³/mol. The molecule has 0 N–H and O–H groups in total. The summed E-state index contributed by atoms with van der Waals surface area (Å²) in [6.07, 6.45) is 4.34. The van der Waals surface area contributed by atoms with E-state index in [2.05, 4.69) is 30.8 Å². The minimum Gasteiger partial charge on any atom is -0.341 e. The minimum absolute atomic E-state index is 0.347. The van der Waals surface area contributed by atoms with Crippen LogP contribution >= 0.6 is 11.8 Å². The number of carbonyl (C=O) groups is 1. The van der Waals surface area contributed by atoms with Gasteiger partial charge in [0.1, 0.15) is 0 Å². The van der Waals surface area contributed by atoms with Crippen LogP contribution in [0.3, 0.4) is 0 Å². The zero-order chi connectivity index (χ0) is 12.7. The molecule has 0 radical (unpaired) electrons. The molecule has 1 heterocycles. The van der Waals surface area contributed by atoms with Crippen molar-refractivity contribution < 1.29 is 4.79 Å². The van der Waals surface area contributed by atoms with Crippen molar-refractivity contribution in [1.29, 1.82) is 0 Å². The van der Waals surface area contributed by atoms with E-state index in [0.717, 1.165) is 31.0 Å². The van der Waals surface area contributed by atoms with Crippen LogP contribution in [0.4, 0.5) is 0 Å². The highest BCUT2D eigenvalue weighted by atomic mass is 32.2. The van der Waals surface area contributed by atoms with E-state index >= 15 is 0 Å². The van der Waals surface area contributed by atoms with E-state index in [0.29, 0.717) is 18.4 Å². The minimum atomic E-state index is 0.347. The lowest BCUT2D eigenvalue weighted by Crippen LogP contribution is -2.42. The molecule has 1 aliphatic rings. The average Bonchev–Trinajstić information content (AvgIpc) is 2.54. The Morgan fingerprint density at radius 2 is 2.18 bits per heavy atom. The number of likely N-dealkylation sites (N-methyl/N-ethyl adjacent to an activating group) is 1. The first kappa shape index (κ1) is 14.8. The molecular weight excluding hydrogens is 232 g/mol. The summed E-state index contributed by atoms with van der Waals surface area (Å²) in [4.78, 5) is 16.4. The topological polar surface area (TPSA) is 23.6 Å². The molecule has 17 heavy (non-hydrogen) atoms. The van der Waals surface area contributed by atoms with Crippen LogP contribution in [0, 0.1) is 0 Å². The van der Waals surface area contributed by atoms with Gasteiger partial charge in [-0.25, -0.2) is 0 Å². The maximum absolute atomic E-state index is 12.1. The number of carbonyl (C=O) groups excluding carboxylic acids is 1. The Kier molecular flexibility index (Phi) is 6.97. The Balaban J connectivity index is 2.41.